The van der Waals surface area contributed by atoms with Crippen LogP contribution in [-0.2, 0) is 25.6 Å². The molecule has 1 N–H and O–H groups in total. The SMILES string of the molecule is CCc1ccc(-n2ccc(C(F)(F)F)c2COc2ccc(CCCO)c(F)c2F)cn1. The molecular formula is C22H21F5N2O2. The number of alkyl halides is 3. The summed E-state index contributed by atoms with van der Waals surface area (Å²) in [6, 6.07) is 6.70. The third-order valence-corrected chi connectivity index (χ3v) is 4.84. The van der Waals surface area contributed by atoms with E-state index in [4.69, 9.17) is 9.84 Å². The maximum absolute atomic E-state index is 14.4. The quantitative estimate of drug-likeness (QED) is 0.488. The Bertz CT molecular complexity index is 1030. The Morgan fingerprint density at radius 2 is 1.84 bits per heavy atom. The number of hydrogen-bond acceptors (Lipinski definition) is 3. The summed E-state index contributed by atoms with van der Waals surface area (Å²) in [7, 11) is 0. The molecule has 0 fully saturated rings. The number of aliphatic hydroxyl groups is 1. The minimum Gasteiger partial charge on any atom is -0.484 e. The van der Waals surface area contributed by atoms with Gasteiger partial charge in [-0.25, -0.2) is 4.39 Å². The maximum atomic E-state index is 14.4. The Labute approximate surface area is 175 Å². The van der Waals surface area contributed by atoms with Crippen LogP contribution < -0.4 is 4.74 Å². The Kier molecular flexibility index (Phi) is 6.94. The van der Waals surface area contributed by atoms with Crippen molar-refractivity contribution in [3.63, 3.8) is 0 Å². The predicted octanol–water partition coefficient (Wildman–Crippen LogP) is 5.24. The summed E-state index contributed by atoms with van der Waals surface area (Å²) >= 11 is 0. The number of nitrogens with zero attached hydrogens (tertiary/aromatic N) is 2. The third kappa shape index (κ3) is 5.04. The normalized spacial score (nSPS) is 11.7. The third-order valence-electron chi connectivity index (χ3n) is 4.84. The lowest BCUT2D eigenvalue weighted by Gasteiger charge is -2.15. The van der Waals surface area contributed by atoms with Crippen LogP contribution in [0.15, 0.2) is 42.7 Å². The van der Waals surface area contributed by atoms with E-state index in [1.807, 2.05) is 6.92 Å². The molecule has 0 spiro atoms. The van der Waals surface area contributed by atoms with E-state index in [-0.39, 0.29) is 30.7 Å². The summed E-state index contributed by atoms with van der Waals surface area (Å²) in [5, 5.41) is 8.83. The van der Waals surface area contributed by atoms with Crippen molar-refractivity contribution in [2.24, 2.45) is 0 Å². The average Bonchev–Trinajstić information content (AvgIpc) is 3.18. The molecule has 0 atom stereocenters. The largest absolute Gasteiger partial charge is 0.484 e. The van der Waals surface area contributed by atoms with Crippen molar-refractivity contribution in [3.8, 4) is 11.4 Å². The van der Waals surface area contributed by atoms with Gasteiger partial charge in [-0.2, -0.15) is 17.6 Å². The number of hydrogen-bond donors (Lipinski definition) is 1. The molecule has 0 aliphatic rings. The van der Waals surface area contributed by atoms with Gasteiger partial charge in [0.05, 0.1) is 23.1 Å². The molecule has 0 unspecified atom stereocenters. The molecule has 4 nitrogen and oxygen atoms in total. The van der Waals surface area contributed by atoms with Gasteiger partial charge in [0.1, 0.15) is 6.61 Å². The summed E-state index contributed by atoms with van der Waals surface area (Å²) in [5.74, 6) is -2.92. The molecule has 3 aromatic rings. The van der Waals surface area contributed by atoms with Gasteiger partial charge >= 0.3 is 6.18 Å². The fraction of sp³-hybridized carbons (Fsp3) is 0.318. The lowest BCUT2D eigenvalue weighted by atomic mass is 10.1. The van der Waals surface area contributed by atoms with Crippen molar-refractivity contribution >= 4 is 0 Å². The fourth-order valence-electron chi connectivity index (χ4n) is 3.17. The lowest BCUT2D eigenvalue weighted by Crippen LogP contribution is -2.13. The summed E-state index contributed by atoms with van der Waals surface area (Å²) < 4.78 is 75.6. The van der Waals surface area contributed by atoms with Crippen LogP contribution in [0.2, 0.25) is 0 Å². The van der Waals surface area contributed by atoms with E-state index in [0.29, 0.717) is 12.1 Å². The highest BCUT2D eigenvalue weighted by molar-refractivity contribution is 5.39. The van der Waals surface area contributed by atoms with Crippen molar-refractivity contribution in [3.05, 3.63) is 76.9 Å². The van der Waals surface area contributed by atoms with Crippen LogP contribution in [0.1, 0.15) is 35.9 Å². The van der Waals surface area contributed by atoms with E-state index in [2.05, 4.69) is 4.98 Å². The van der Waals surface area contributed by atoms with Gasteiger partial charge in [-0.15, -0.1) is 0 Å². The smallest absolute Gasteiger partial charge is 0.418 e. The zero-order valence-electron chi connectivity index (χ0n) is 16.7. The van der Waals surface area contributed by atoms with Crippen molar-refractivity contribution < 1.29 is 31.8 Å². The number of halogens is 5. The van der Waals surface area contributed by atoms with E-state index in [9.17, 15) is 22.0 Å². The highest BCUT2D eigenvalue weighted by Crippen LogP contribution is 2.35. The molecule has 2 heterocycles. The Morgan fingerprint density at radius 1 is 1.06 bits per heavy atom. The van der Waals surface area contributed by atoms with Gasteiger partial charge in [0.15, 0.2) is 11.6 Å². The molecule has 0 aliphatic carbocycles. The van der Waals surface area contributed by atoms with E-state index in [1.54, 1.807) is 12.1 Å². The van der Waals surface area contributed by atoms with Gasteiger partial charge in [0.2, 0.25) is 5.82 Å². The first-order chi connectivity index (χ1) is 14.8. The second kappa shape index (κ2) is 9.47. The van der Waals surface area contributed by atoms with Gasteiger partial charge in [-0.05, 0) is 49.1 Å². The molecule has 9 heteroatoms. The lowest BCUT2D eigenvalue weighted by molar-refractivity contribution is -0.138. The summed E-state index contributed by atoms with van der Waals surface area (Å²) in [4.78, 5) is 4.19. The molecule has 0 aliphatic heterocycles. The minimum absolute atomic E-state index is 0.0559. The highest BCUT2D eigenvalue weighted by Gasteiger charge is 2.36. The number of aliphatic hydroxyl groups excluding tert-OH is 1. The van der Waals surface area contributed by atoms with Crippen molar-refractivity contribution in [2.45, 2.75) is 39.0 Å². The zero-order chi connectivity index (χ0) is 22.6. The molecule has 31 heavy (non-hydrogen) atoms. The first-order valence-corrected chi connectivity index (χ1v) is 9.69. The van der Waals surface area contributed by atoms with Crippen LogP contribution in [0.5, 0.6) is 5.75 Å². The van der Waals surface area contributed by atoms with E-state index >= 15 is 0 Å². The predicted molar refractivity (Wildman–Crippen MR) is 104 cm³/mol. The van der Waals surface area contributed by atoms with E-state index in [0.717, 1.165) is 11.8 Å². The summed E-state index contributed by atoms with van der Waals surface area (Å²) in [5.41, 5.74) is 0.0245. The van der Waals surface area contributed by atoms with Gasteiger partial charge in [0.25, 0.3) is 0 Å². The minimum atomic E-state index is -4.65. The first kappa shape index (κ1) is 22.7. The molecule has 3 rings (SSSR count). The summed E-state index contributed by atoms with van der Waals surface area (Å²) in [6.45, 7) is 1.09. The van der Waals surface area contributed by atoms with Crippen molar-refractivity contribution in [1.82, 2.24) is 9.55 Å². The number of aromatic nitrogens is 2. The van der Waals surface area contributed by atoms with E-state index in [1.165, 1.54) is 29.1 Å². The van der Waals surface area contributed by atoms with Crippen molar-refractivity contribution in [1.29, 1.82) is 0 Å². The van der Waals surface area contributed by atoms with Crippen LogP contribution in [0, 0.1) is 11.6 Å². The first-order valence-electron chi connectivity index (χ1n) is 9.69. The fourth-order valence-corrected chi connectivity index (χ4v) is 3.17. The monoisotopic (exact) mass is 440 g/mol. The second-order valence-electron chi connectivity index (χ2n) is 6.87. The molecule has 0 saturated heterocycles. The van der Waals surface area contributed by atoms with Crippen LogP contribution in [0.4, 0.5) is 22.0 Å². The second-order valence-corrected chi connectivity index (χ2v) is 6.87. The Morgan fingerprint density at radius 3 is 2.45 bits per heavy atom. The maximum Gasteiger partial charge on any atom is 0.418 e. The topological polar surface area (TPSA) is 47.3 Å². The Hall–Kier alpha value is -2.94. The standard InChI is InChI=1S/C22H21F5N2O2/c1-2-15-6-7-16(12-28-15)29-10-9-17(22(25,26)27)18(29)13-31-19-8-5-14(4-3-11-30)20(23)21(19)24/h5-10,12,30H,2-4,11,13H2,1H3. The highest BCUT2D eigenvalue weighted by atomic mass is 19.4. The molecule has 0 bridgehead atoms. The van der Waals surface area contributed by atoms with Crippen LogP contribution in [0.3, 0.4) is 0 Å². The van der Waals surface area contributed by atoms with Gasteiger partial charge in [-0.1, -0.05) is 13.0 Å². The van der Waals surface area contributed by atoms with Crippen LogP contribution in [0.25, 0.3) is 5.69 Å². The van der Waals surface area contributed by atoms with Gasteiger partial charge in [0, 0.05) is 18.5 Å². The van der Waals surface area contributed by atoms with Gasteiger partial charge in [-0.3, -0.25) is 4.98 Å². The number of pyridine rings is 1. The summed E-state index contributed by atoms with van der Waals surface area (Å²) in [6.07, 6.45) is -0.920. The average molecular weight is 440 g/mol. The molecule has 0 amide bonds. The molecule has 0 saturated carbocycles. The van der Waals surface area contributed by atoms with E-state index < -0.39 is 35.7 Å². The Balaban J connectivity index is 1.91. The van der Waals surface area contributed by atoms with Crippen LogP contribution in [-0.4, -0.2) is 21.3 Å². The van der Waals surface area contributed by atoms with Gasteiger partial charge < -0.3 is 14.4 Å². The number of ether oxygens (including phenoxy) is 1. The molecule has 166 valence electrons. The number of benzene rings is 1. The number of aryl methyl sites for hydroxylation is 2. The molecule has 0 radical (unpaired) electrons. The van der Waals surface area contributed by atoms with Crippen LogP contribution >= 0.6 is 0 Å². The number of rotatable bonds is 8. The van der Waals surface area contributed by atoms with Crippen molar-refractivity contribution in [2.75, 3.05) is 6.61 Å². The zero-order valence-corrected chi connectivity index (χ0v) is 16.7. The molecule has 2 aromatic heterocycles. The molecular weight excluding hydrogens is 419 g/mol. The molecule has 1 aromatic carbocycles.